The number of carboxylic acids is 1. The summed E-state index contributed by atoms with van der Waals surface area (Å²) in [4.78, 5) is 41.9. The molecule has 0 fully saturated rings. The van der Waals surface area contributed by atoms with Gasteiger partial charge in [0.05, 0.1) is 6.10 Å². The average Bonchev–Trinajstić information content (AvgIpc) is 2.52. The van der Waals surface area contributed by atoms with Gasteiger partial charge in [-0.1, -0.05) is 19.7 Å². The van der Waals surface area contributed by atoms with Crippen LogP contribution in [0, 0.1) is 0 Å². The predicted molar refractivity (Wildman–Crippen MR) is 89.8 cm³/mol. The van der Waals surface area contributed by atoms with Crippen molar-refractivity contribution in [1.82, 2.24) is 0 Å². The molecular weight excluding hydrogens is 332 g/mol. The van der Waals surface area contributed by atoms with Gasteiger partial charge in [0.15, 0.2) is 5.78 Å². The van der Waals surface area contributed by atoms with E-state index in [9.17, 15) is 24.3 Å². The zero-order chi connectivity index (χ0) is 20.2. The van der Waals surface area contributed by atoms with Crippen LogP contribution < -0.4 is 0 Å². The summed E-state index contributed by atoms with van der Waals surface area (Å²) in [5.74, 6) is -4.03. The van der Waals surface area contributed by atoms with Crippen LogP contribution in [0.1, 0.15) is 20.3 Å². The zero-order valence-corrected chi connectivity index (χ0v) is 14.2. The Labute approximate surface area is 145 Å². The molecule has 0 saturated heterocycles. The van der Waals surface area contributed by atoms with Crippen molar-refractivity contribution in [3.05, 3.63) is 48.8 Å². The van der Waals surface area contributed by atoms with Crippen LogP contribution in [0.15, 0.2) is 48.8 Å². The first-order valence-corrected chi connectivity index (χ1v) is 6.92. The number of rotatable bonds is 9. The fourth-order valence-corrected chi connectivity index (χ4v) is 0.994. The number of allylic oxidation sites excluding steroid dienone is 2. The van der Waals surface area contributed by atoms with Crippen molar-refractivity contribution in [2.75, 3.05) is 6.61 Å². The van der Waals surface area contributed by atoms with Gasteiger partial charge in [-0.25, -0.2) is 9.59 Å². The summed E-state index contributed by atoms with van der Waals surface area (Å²) in [5.41, 5.74) is 0.624. The van der Waals surface area contributed by atoms with E-state index in [0.717, 1.165) is 6.08 Å². The number of esters is 1. The highest BCUT2D eigenvalue weighted by Gasteiger charge is 2.12. The summed E-state index contributed by atoms with van der Waals surface area (Å²) in [6, 6.07) is 0. The number of carboxylic acid groups (broad SMARTS) is 1. The van der Waals surface area contributed by atoms with Gasteiger partial charge in [-0.15, -0.1) is 0 Å². The maximum absolute atomic E-state index is 11.0. The van der Waals surface area contributed by atoms with Crippen molar-refractivity contribution in [2.45, 2.75) is 26.4 Å². The quantitative estimate of drug-likeness (QED) is 0.185. The van der Waals surface area contributed by atoms with Gasteiger partial charge < -0.3 is 20.1 Å². The Hall–Kier alpha value is -3.00. The Kier molecular flexibility index (Phi) is 12.1. The number of aliphatic carboxylic acids is 1. The van der Waals surface area contributed by atoms with Crippen molar-refractivity contribution < 1.29 is 39.2 Å². The minimum atomic E-state index is -1.60. The maximum atomic E-state index is 11.0. The number of aliphatic hydroxyl groups is 2. The fourth-order valence-electron chi connectivity index (χ4n) is 0.994. The third-order valence-corrected chi connectivity index (χ3v) is 2.40. The van der Waals surface area contributed by atoms with Gasteiger partial charge in [0.1, 0.15) is 12.4 Å². The molecule has 1 atom stereocenters. The molecule has 0 aromatic heterocycles. The number of ether oxygens (including phenoxy) is 1. The summed E-state index contributed by atoms with van der Waals surface area (Å²) in [6.07, 6.45) is 0.542. The van der Waals surface area contributed by atoms with Gasteiger partial charge >= 0.3 is 11.9 Å². The molecule has 8 nitrogen and oxygen atoms in total. The molecule has 0 bridgehead atoms. The molecule has 8 heteroatoms. The summed E-state index contributed by atoms with van der Waals surface area (Å²) in [6.45, 7) is 12.7. The molecule has 0 amide bonds. The predicted octanol–water partition coefficient (Wildman–Crippen LogP) is 1.27. The van der Waals surface area contributed by atoms with Crippen LogP contribution in [0.4, 0.5) is 0 Å². The lowest BCUT2D eigenvalue weighted by Crippen LogP contribution is -2.21. The van der Waals surface area contributed by atoms with Gasteiger partial charge in [-0.2, -0.15) is 0 Å². The lowest BCUT2D eigenvalue weighted by molar-refractivity contribution is -0.146. The van der Waals surface area contributed by atoms with Crippen molar-refractivity contribution in [1.29, 1.82) is 0 Å². The molecule has 0 aliphatic heterocycles. The lowest BCUT2D eigenvalue weighted by Gasteiger charge is -2.09. The summed E-state index contributed by atoms with van der Waals surface area (Å²) < 4.78 is 4.54. The second kappa shape index (κ2) is 12.4. The van der Waals surface area contributed by atoms with E-state index < -0.39 is 29.6 Å². The van der Waals surface area contributed by atoms with E-state index in [1.165, 1.54) is 6.92 Å². The highest BCUT2D eigenvalue weighted by molar-refractivity contribution is 6.37. The smallest absolute Gasteiger partial charge is 0.376 e. The Balaban J connectivity index is 0. The third kappa shape index (κ3) is 13.2. The van der Waals surface area contributed by atoms with Crippen LogP contribution in [0.3, 0.4) is 0 Å². The Morgan fingerprint density at radius 2 is 1.60 bits per heavy atom. The van der Waals surface area contributed by atoms with Crippen LogP contribution in [0.2, 0.25) is 0 Å². The van der Waals surface area contributed by atoms with Gasteiger partial charge in [0.2, 0.25) is 0 Å². The maximum Gasteiger partial charge on any atom is 0.376 e. The molecule has 0 rings (SSSR count). The van der Waals surface area contributed by atoms with E-state index in [-0.39, 0.29) is 24.4 Å². The van der Waals surface area contributed by atoms with Crippen LogP contribution >= 0.6 is 0 Å². The fraction of sp³-hybridized carbons (Fsp3) is 0.294. The zero-order valence-electron chi connectivity index (χ0n) is 14.2. The van der Waals surface area contributed by atoms with Crippen molar-refractivity contribution >= 4 is 23.5 Å². The van der Waals surface area contributed by atoms with Crippen LogP contribution in [0.25, 0.3) is 0 Å². The molecule has 0 radical (unpaired) electrons. The molecule has 0 spiro atoms. The molecule has 0 aromatic carbocycles. The summed E-state index contributed by atoms with van der Waals surface area (Å²) >= 11 is 0. The first-order chi connectivity index (χ1) is 11.4. The highest BCUT2D eigenvalue weighted by atomic mass is 16.5. The summed E-state index contributed by atoms with van der Waals surface area (Å²) in [5, 5.41) is 26.1. The minimum Gasteiger partial charge on any atom is -0.508 e. The Morgan fingerprint density at radius 1 is 1.08 bits per heavy atom. The molecule has 0 heterocycles. The van der Waals surface area contributed by atoms with E-state index in [2.05, 4.69) is 24.5 Å². The number of carbonyl (C=O) groups is 4. The average molecular weight is 354 g/mol. The van der Waals surface area contributed by atoms with E-state index in [1.54, 1.807) is 6.92 Å². The molecule has 0 saturated carbocycles. The van der Waals surface area contributed by atoms with Crippen molar-refractivity contribution in [3.63, 3.8) is 0 Å². The number of Topliss-reactive ketones (excluding diaryl/α,β-unsaturated/α-hetero) is 1. The number of hydrogen-bond acceptors (Lipinski definition) is 7. The van der Waals surface area contributed by atoms with Gasteiger partial charge in [-0.3, -0.25) is 9.59 Å². The van der Waals surface area contributed by atoms with E-state index in [0.29, 0.717) is 11.6 Å². The second-order valence-corrected chi connectivity index (χ2v) is 4.87. The normalized spacial score (nSPS) is 11.2. The topological polar surface area (TPSA) is 138 Å². The van der Waals surface area contributed by atoms with Gasteiger partial charge in [-0.05, 0) is 25.0 Å². The SMILES string of the molecule is C=C(C)C(O)=CC(=O)C(=O)O.C=CC(=O)OCC(O)CC(=O)C(=C)C. The highest BCUT2D eigenvalue weighted by Crippen LogP contribution is 2.01. The standard InChI is InChI=1S/C10H14O4.C7H8O4/c1-4-10(13)14-6-8(11)5-9(12)7(2)3;1-4(2)5(8)3-6(9)7(10)11/h4,8,11H,1-2,5-6H2,3H3;3,8H,1H2,2H3,(H,10,11). The molecule has 3 N–H and O–H groups in total. The van der Waals surface area contributed by atoms with Crippen molar-refractivity contribution in [3.8, 4) is 0 Å². The molecule has 138 valence electrons. The number of ketones is 2. The molecule has 1 unspecified atom stereocenters. The largest absolute Gasteiger partial charge is 0.508 e. The monoisotopic (exact) mass is 354 g/mol. The van der Waals surface area contributed by atoms with E-state index in [4.69, 9.17) is 10.2 Å². The van der Waals surface area contributed by atoms with Crippen LogP contribution in [0.5, 0.6) is 0 Å². The first kappa shape index (κ1) is 24.3. The number of hydrogen-bond donors (Lipinski definition) is 3. The van der Waals surface area contributed by atoms with E-state index in [1.807, 2.05) is 0 Å². The second-order valence-electron chi connectivity index (χ2n) is 4.87. The number of aliphatic hydroxyl groups excluding tert-OH is 2. The van der Waals surface area contributed by atoms with Gasteiger partial charge in [0, 0.05) is 18.6 Å². The van der Waals surface area contributed by atoms with Crippen LogP contribution in [-0.2, 0) is 23.9 Å². The first-order valence-electron chi connectivity index (χ1n) is 6.92. The number of carbonyl (C=O) groups excluding carboxylic acids is 3. The van der Waals surface area contributed by atoms with Crippen molar-refractivity contribution in [2.24, 2.45) is 0 Å². The molecule has 0 aromatic rings. The van der Waals surface area contributed by atoms with Gasteiger partial charge in [0.25, 0.3) is 5.78 Å². The van der Waals surface area contributed by atoms with E-state index >= 15 is 0 Å². The molecule has 0 aliphatic carbocycles. The molecule has 0 aliphatic rings. The van der Waals surface area contributed by atoms with Crippen LogP contribution in [-0.4, -0.2) is 51.5 Å². The third-order valence-electron chi connectivity index (χ3n) is 2.40. The molecule has 25 heavy (non-hydrogen) atoms. The minimum absolute atomic E-state index is 0.0836. The Morgan fingerprint density at radius 3 is 1.96 bits per heavy atom. The Bertz CT molecular complexity index is 598. The molecular formula is C17H22O8. The lowest BCUT2D eigenvalue weighted by atomic mass is 10.1. The summed E-state index contributed by atoms with van der Waals surface area (Å²) in [7, 11) is 0.